The van der Waals surface area contributed by atoms with Gasteiger partial charge in [-0.25, -0.2) is 0 Å². The fourth-order valence-corrected chi connectivity index (χ4v) is 3.29. The molecule has 0 atom stereocenters. The van der Waals surface area contributed by atoms with E-state index in [0.717, 1.165) is 33.8 Å². The smallest absolute Gasteiger partial charge is 0.250 e. The number of thiocarbonyl (C=S) groups is 1. The van der Waals surface area contributed by atoms with Gasteiger partial charge in [0.05, 0.1) is 12.8 Å². The number of carbonyl (C=O) groups is 1. The topological polar surface area (TPSA) is 81.1 Å². The maximum atomic E-state index is 12.2. The molecular weight excluding hydrogens is 422 g/mol. The second kappa shape index (κ2) is 9.40. The van der Waals surface area contributed by atoms with Gasteiger partial charge in [-0.1, -0.05) is 30.3 Å². The van der Waals surface area contributed by atoms with Crippen molar-refractivity contribution < 1.29 is 9.53 Å². The van der Waals surface area contributed by atoms with Crippen molar-refractivity contribution in [2.24, 2.45) is 0 Å². The van der Waals surface area contributed by atoms with Crippen molar-refractivity contribution in [1.82, 2.24) is 20.3 Å². The van der Waals surface area contributed by atoms with Crippen LogP contribution in [0.1, 0.15) is 11.1 Å². The number of anilines is 1. The van der Waals surface area contributed by atoms with Gasteiger partial charge in [-0.2, -0.15) is 4.80 Å². The molecule has 1 amide bonds. The van der Waals surface area contributed by atoms with Crippen LogP contribution in [0, 0.1) is 6.92 Å². The van der Waals surface area contributed by atoms with E-state index in [2.05, 4.69) is 20.8 Å². The highest BCUT2D eigenvalue weighted by Gasteiger charge is 2.10. The van der Waals surface area contributed by atoms with Gasteiger partial charge in [0.2, 0.25) is 5.91 Å². The average Bonchev–Trinajstić information content (AvgIpc) is 3.21. The number of hydrogen-bond donors (Lipinski definition) is 2. The summed E-state index contributed by atoms with van der Waals surface area (Å²) in [7, 11) is 1.62. The lowest BCUT2D eigenvalue weighted by Crippen LogP contribution is -2.33. The number of nitrogens with one attached hydrogen (secondary N) is 2. The first-order valence-corrected chi connectivity index (χ1v) is 10.3. The molecule has 0 aliphatic heterocycles. The number of rotatable bonds is 5. The molecule has 0 saturated carbocycles. The van der Waals surface area contributed by atoms with E-state index in [1.54, 1.807) is 18.0 Å². The summed E-state index contributed by atoms with van der Waals surface area (Å²) in [6.07, 6.45) is 3.17. The summed E-state index contributed by atoms with van der Waals surface area (Å²) in [4.78, 5) is 13.7. The Morgan fingerprint density at radius 1 is 1.03 bits per heavy atom. The number of methoxy groups -OCH3 is 1. The van der Waals surface area contributed by atoms with E-state index >= 15 is 0 Å². The van der Waals surface area contributed by atoms with Crippen molar-refractivity contribution >= 4 is 46.0 Å². The highest BCUT2D eigenvalue weighted by Crippen LogP contribution is 2.22. The van der Waals surface area contributed by atoms with Crippen molar-refractivity contribution in [3.63, 3.8) is 0 Å². The SMILES string of the molecule is COc1ccc(-n2nc3cc(C)c(NC(=S)NC(=O)/C=C/c4ccccc4)cc3n2)cc1. The van der Waals surface area contributed by atoms with Gasteiger partial charge < -0.3 is 10.1 Å². The minimum Gasteiger partial charge on any atom is -0.497 e. The van der Waals surface area contributed by atoms with Gasteiger partial charge in [-0.3, -0.25) is 10.1 Å². The van der Waals surface area contributed by atoms with Crippen LogP contribution in [0.3, 0.4) is 0 Å². The Morgan fingerprint density at radius 2 is 1.72 bits per heavy atom. The fourth-order valence-electron chi connectivity index (χ4n) is 3.08. The van der Waals surface area contributed by atoms with Crippen LogP contribution >= 0.6 is 12.2 Å². The van der Waals surface area contributed by atoms with Crippen LogP contribution in [0.4, 0.5) is 5.69 Å². The number of benzene rings is 3. The highest BCUT2D eigenvalue weighted by molar-refractivity contribution is 7.80. The second-order valence-corrected chi connectivity index (χ2v) is 7.44. The van der Waals surface area contributed by atoms with E-state index in [9.17, 15) is 4.79 Å². The van der Waals surface area contributed by atoms with Gasteiger partial charge in [0, 0.05) is 11.8 Å². The first kappa shape index (κ1) is 21.2. The highest BCUT2D eigenvalue weighted by atomic mass is 32.1. The fraction of sp³-hybridized carbons (Fsp3) is 0.0833. The van der Waals surface area contributed by atoms with Crippen molar-refractivity contribution in [3.05, 3.63) is 83.9 Å². The van der Waals surface area contributed by atoms with Crippen molar-refractivity contribution in [3.8, 4) is 11.4 Å². The molecule has 0 unspecified atom stereocenters. The lowest BCUT2D eigenvalue weighted by Gasteiger charge is -2.10. The third-order valence-electron chi connectivity index (χ3n) is 4.74. The second-order valence-electron chi connectivity index (χ2n) is 7.03. The summed E-state index contributed by atoms with van der Waals surface area (Å²) >= 11 is 5.30. The Hall–Kier alpha value is -4.04. The molecule has 0 radical (unpaired) electrons. The molecular formula is C24H21N5O2S. The number of fused-ring (bicyclic) bond motifs is 1. The van der Waals surface area contributed by atoms with Crippen molar-refractivity contribution in [2.75, 3.05) is 12.4 Å². The minimum absolute atomic E-state index is 0.206. The molecule has 160 valence electrons. The molecule has 7 nitrogen and oxygen atoms in total. The van der Waals surface area contributed by atoms with Crippen LogP contribution in [0.25, 0.3) is 22.8 Å². The summed E-state index contributed by atoms with van der Waals surface area (Å²) in [6, 6.07) is 20.8. The molecule has 0 aliphatic carbocycles. The molecule has 0 aliphatic rings. The van der Waals surface area contributed by atoms with E-state index in [0.29, 0.717) is 5.52 Å². The first-order chi connectivity index (χ1) is 15.5. The Balaban J connectivity index is 1.46. The quantitative estimate of drug-likeness (QED) is 0.354. The molecule has 4 aromatic rings. The normalized spacial score (nSPS) is 10.9. The maximum Gasteiger partial charge on any atom is 0.250 e. The van der Waals surface area contributed by atoms with E-state index in [1.165, 1.54) is 6.08 Å². The number of aromatic nitrogens is 3. The van der Waals surface area contributed by atoms with Crippen LogP contribution in [-0.2, 0) is 4.79 Å². The average molecular weight is 444 g/mol. The summed E-state index contributed by atoms with van der Waals surface area (Å²) in [5, 5.41) is 15.0. The summed E-state index contributed by atoms with van der Waals surface area (Å²) in [5.74, 6) is 0.456. The largest absolute Gasteiger partial charge is 0.497 e. The molecule has 0 bridgehead atoms. The maximum absolute atomic E-state index is 12.2. The summed E-state index contributed by atoms with van der Waals surface area (Å²) in [6.45, 7) is 1.94. The van der Waals surface area contributed by atoms with Gasteiger partial charge in [-0.15, -0.1) is 10.2 Å². The zero-order valence-corrected chi connectivity index (χ0v) is 18.4. The number of amides is 1. The molecule has 4 rings (SSSR count). The zero-order chi connectivity index (χ0) is 22.5. The Labute approximate surface area is 190 Å². The Kier molecular flexibility index (Phi) is 6.23. The number of ether oxygens (including phenoxy) is 1. The number of aryl methyl sites for hydroxylation is 1. The monoisotopic (exact) mass is 443 g/mol. The van der Waals surface area contributed by atoms with Crippen LogP contribution in [0.5, 0.6) is 5.75 Å². The minimum atomic E-state index is -0.310. The molecule has 1 aromatic heterocycles. The molecule has 8 heteroatoms. The van der Waals surface area contributed by atoms with E-state index < -0.39 is 0 Å². The number of nitrogens with zero attached hydrogens (tertiary/aromatic N) is 3. The van der Waals surface area contributed by atoms with Gasteiger partial charge >= 0.3 is 0 Å². The molecule has 1 heterocycles. The molecule has 0 saturated heterocycles. The standard InChI is InChI=1S/C24H21N5O2S/c1-16-14-21-22(28-29(27-21)18-9-11-19(31-2)12-10-18)15-20(16)25-24(32)26-23(30)13-8-17-6-4-3-5-7-17/h3-15H,1-2H3,(H2,25,26,30,32)/b13-8+. The van der Waals surface area contributed by atoms with Crippen LogP contribution in [-0.4, -0.2) is 33.1 Å². The lowest BCUT2D eigenvalue weighted by atomic mass is 10.2. The predicted molar refractivity (Wildman–Crippen MR) is 130 cm³/mol. The molecule has 3 aromatic carbocycles. The van der Waals surface area contributed by atoms with Crippen LogP contribution < -0.4 is 15.4 Å². The van der Waals surface area contributed by atoms with Gasteiger partial charge in [0.15, 0.2) is 5.11 Å². The van der Waals surface area contributed by atoms with Gasteiger partial charge in [-0.05, 0) is 72.7 Å². The molecule has 32 heavy (non-hydrogen) atoms. The summed E-state index contributed by atoms with van der Waals surface area (Å²) < 4.78 is 5.19. The zero-order valence-electron chi connectivity index (χ0n) is 17.6. The van der Waals surface area contributed by atoms with Crippen molar-refractivity contribution in [2.45, 2.75) is 6.92 Å². The number of hydrogen-bond acceptors (Lipinski definition) is 5. The van der Waals surface area contributed by atoms with Crippen LogP contribution in [0.2, 0.25) is 0 Å². The Morgan fingerprint density at radius 3 is 2.41 bits per heavy atom. The van der Waals surface area contributed by atoms with E-state index in [4.69, 9.17) is 17.0 Å². The third-order valence-corrected chi connectivity index (χ3v) is 4.95. The van der Waals surface area contributed by atoms with E-state index in [1.807, 2.05) is 73.7 Å². The third kappa shape index (κ3) is 4.98. The van der Waals surface area contributed by atoms with Gasteiger partial charge in [0.25, 0.3) is 0 Å². The van der Waals surface area contributed by atoms with Crippen LogP contribution in [0.15, 0.2) is 72.8 Å². The lowest BCUT2D eigenvalue weighted by molar-refractivity contribution is -0.115. The molecule has 0 fully saturated rings. The van der Waals surface area contributed by atoms with Gasteiger partial charge in [0.1, 0.15) is 16.8 Å². The predicted octanol–water partition coefficient (Wildman–Crippen LogP) is 4.26. The Bertz CT molecular complexity index is 1300. The van der Waals surface area contributed by atoms with E-state index in [-0.39, 0.29) is 11.0 Å². The first-order valence-electron chi connectivity index (χ1n) is 9.89. The molecule has 0 spiro atoms. The number of carbonyl (C=O) groups excluding carboxylic acids is 1. The van der Waals surface area contributed by atoms with Crippen molar-refractivity contribution in [1.29, 1.82) is 0 Å². The summed E-state index contributed by atoms with van der Waals surface area (Å²) in [5.41, 5.74) is 4.88. The molecule has 2 N–H and O–H groups in total.